The number of hydrogen-bond donors (Lipinski definition) is 0. The van der Waals surface area contributed by atoms with Gasteiger partial charge < -0.3 is 4.90 Å². The van der Waals surface area contributed by atoms with Crippen molar-refractivity contribution < 1.29 is 4.79 Å². The Balaban J connectivity index is 2.51. The smallest absolute Gasteiger partial charge is 0.236 e. The van der Waals surface area contributed by atoms with Gasteiger partial charge in [-0.1, -0.05) is 15.9 Å². The maximum absolute atomic E-state index is 11.4. The third-order valence-electron chi connectivity index (χ3n) is 1.60. The molecule has 0 aliphatic rings. The van der Waals surface area contributed by atoms with Crippen LogP contribution in [0.15, 0.2) is 10.9 Å². The lowest BCUT2D eigenvalue weighted by Gasteiger charge is -2.17. The molecule has 0 radical (unpaired) electrons. The molecular formula is C8H11BrN2OS. The monoisotopic (exact) mass is 262 g/mol. The van der Waals surface area contributed by atoms with E-state index in [2.05, 4.69) is 20.9 Å². The van der Waals surface area contributed by atoms with Gasteiger partial charge in [-0.25, -0.2) is 4.98 Å². The van der Waals surface area contributed by atoms with Gasteiger partial charge in [0.05, 0.1) is 22.6 Å². The van der Waals surface area contributed by atoms with Crippen LogP contribution in [-0.2, 0) is 11.3 Å². The van der Waals surface area contributed by atoms with Crippen LogP contribution in [0, 0.1) is 0 Å². The molecular weight excluding hydrogens is 252 g/mol. The molecule has 1 atom stereocenters. The van der Waals surface area contributed by atoms with E-state index in [1.807, 2.05) is 12.3 Å². The fourth-order valence-corrected chi connectivity index (χ4v) is 1.84. The lowest BCUT2D eigenvalue weighted by atomic mass is 10.4. The molecule has 1 aromatic rings. The molecule has 0 bridgehead atoms. The molecule has 3 nitrogen and oxygen atoms in total. The Kier molecular flexibility index (Phi) is 3.87. The summed E-state index contributed by atoms with van der Waals surface area (Å²) in [6, 6.07) is 0. The van der Waals surface area contributed by atoms with E-state index in [1.54, 1.807) is 28.8 Å². The van der Waals surface area contributed by atoms with Crippen LogP contribution in [-0.4, -0.2) is 27.7 Å². The second-order valence-electron chi connectivity index (χ2n) is 2.79. The first kappa shape index (κ1) is 10.7. The molecule has 0 N–H and O–H groups in total. The van der Waals surface area contributed by atoms with E-state index in [0.717, 1.165) is 5.69 Å². The molecule has 1 unspecified atom stereocenters. The Bertz CT molecular complexity index is 274. The summed E-state index contributed by atoms with van der Waals surface area (Å²) in [5.74, 6) is 0.0769. The molecule has 1 rings (SSSR count). The van der Waals surface area contributed by atoms with Crippen molar-refractivity contribution in [3.05, 3.63) is 16.6 Å². The van der Waals surface area contributed by atoms with Gasteiger partial charge in [0.2, 0.25) is 5.91 Å². The summed E-state index contributed by atoms with van der Waals surface area (Å²) >= 11 is 4.78. The van der Waals surface area contributed by atoms with Gasteiger partial charge in [0.1, 0.15) is 0 Å². The van der Waals surface area contributed by atoms with Crippen molar-refractivity contribution in [3.8, 4) is 0 Å². The quantitative estimate of drug-likeness (QED) is 0.780. The molecule has 1 heterocycles. The minimum atomic E-state index is -0.129. The zero-order valence-corrected chi connectivity index (χ0v) is 9.93. The summed E-state index contributed by atoms with van der Waals surface area (Å²) in [4.78, 5) is 17.1. The van der Waals surface area contributed by atoms with Gasteiger partial charge in [-0.05, 0) is 6.92 Å². The minimum Gasteiger partial charge on any atom is -0.339 e. The number of alkyl halides is 1. The molecule has 13 heavy (non-hydrogen) atoms. The Morgan fingerprint density at radius 1 is 1.85 bits per heavy atom. The van der Waals surface area contributed by atoms with Crippen molar-refractivity contribution in [2.24, 2.45) is 0 Å². The van der Waals surface area contributed by atoms with Crippen LogP contribution in [0.25, 0.3) is 0 Å². The van der Waals surface area contributed by atoms with Crippen molar-refractivity contribution in [1.82, 2.24) is 9.88 Å². The van der Waals surface area contributed by atoms with E-state index >= 15 is 0 Å². The largest absolute Gasteiger partial charge is 0.339 e. The summed E-state index contributed by atoms with van der Waals surface area (Å²) < 4.78 is 0. The van der Waals surface area contributed by atoms with Crippen LogP contribution in [0.1, 0.15) is 12.6 Å². The maximum atomic E-state index is 11.4. The van der Waals surface area contributed by atoms with Crippen LogP contribution in [0.2, 0.25) is 0 Å². The lowest BCUT2D eigenvalue weighted by molar-refractivity contribution is -0.129. The molecule has 1 amide bonds. The molecule has 0 spiro atoms. The number of amides is 1. The third-order valence-corrected chi connectivity index (χ3v) is 2.63. The second kappa shape index (κ2) is 4.72. The van der Waals surface area contributed by atoms with Gasteiger partial charge in [-0.15, -0.1) is 11.3 Å². The van der Waals surface area contributed by atoms with Gasteiger partial charge in [0, 0.05) is 12.4 Å². The van der Waals surface area contributed by atoms with E-state index < -0.39 is 0 Å². The summed E-state index contributed by atoms with van der Waals surface area (Å²) in [7, 11) is 1.78. The number of aromatic nitrogens is 1. The molecule has 0 aromatic carbocycles. The summed E-state index contributed by atoms with van der Waals surface area (Å²) in [6.45, 7) is 2.40. The third kappa shape index (κ3) is 3.08. The number of thiazole rings is 1. The summed E-state index contributed by atoms with van der Waals surface area (Å²) in [5.41, 5.74) is 2.71. The standard InChI is InChI=1S/C8H11BrN2OS/c1-6(9)8(12)11(2)3-7-4-13-5-10-7/h4-6H,3H2,1-2H3. The fraction of sp³-hybridized carbons (Fsp3) is 0.500. The van der Waals surface area contributed by atoms with Gasteiger partial charge in [0.15, 0.2) is 0 Å². The molecule has 5 heteroatoms. The van der Waals surface area contributed by atoms with E-state index in [0.29, 0.717) is 6.54 Å². The topological polar surface area (TPSA) is 33.2 Å². The van der Waals surface area contributed by atoms with Crippen LogP contribution in [0.5, 0.6) is 0 Å². The molecule has 0 saturated heterocycles. The molecule has 0 fully saturated rings. The SMILES string of the molecule is CC(Br)C(=O)N(C)Cc1cscn1. The van der Waals surface area contributed by atoms with E-state index in [9.17, 15) is 4.79 Å². The Morgan fingerprint density at radius 2 is 2.54 bits per heavy atom. The molecule has 0 aliphatic heterocycles. The zero-order valence-electron chi connectivity index (χ0n) is 7.53. The van der Waals surface area contributed by atoms with Crippen molar-refractivity contribution in [1.29, 1.82) is 0 Å². The number of carbonyl (C=O) groups is 1. The number of halogens is 1. The van der Waals surface area contributed by atoms with Crippen LogP contribution >= 0.6 is 27.3 Å². The van der Waals surface area contributed by atoms with E-state index in [1.165, 1.54) is 0 Å². The summed E-state index contributed by atoms with van der Waals surface area (Å²) in [6.07, 6.45) is 0. The first-order chi connectivity index (χ1) is 6.11. The maximum Gasteiger partial charge on any atom is 0.236 e. The zero-order chi connectivity index (χ0) is 9.84. The van der Waals surface area contributed by atoms with Gasteiger partial charge >= 0.3 is 0 Å². The lowest BCUT2D eigenvalue weighted by Crippen LogP contribution is -2.31. The predicted octanol–water partition coefficient (Wildman–Crippen LogP) is 1.88. The highest BCUT2D eigenvalue weighted by atomic mass is 79.9. The van der Waals surface area contributed by atoms with Crippen molar-refractivity contribution in [2.45, 2.75) is 18.3 Å². The Hall–Kier alpha value is -0.420. The first-order valence-corrected chi connectivity index (χ1v) is 5.73. The highest BCUT2D eigenvalue weighted by Gasteiger charge is 2.14. The van der Waals surface area contributed by atoms with Crippen molar-refractivity contribution in [2.75, 3.05) is 7.05 Å². The van der Waals surface area contributed by atoms with Gasteiger partial charge in [0.25, 0.3) is 0 Å². The van der Waals surface area contributed by atoms with Crippen molar-refractivity contribution in [3.63, 3.8) is 0 Å². The number of rotatable bonds is 3. The number of hydrogen-bond acceptors (Lipinski definition) is 3. The number of carbonyl (C=O) groups excluding carboxylic acids is 1. The van der Waals surface area contributed by atoms with E-state index in [-0.39, 0.29) is 10.7 Å². The molecule has 0 aliphatic carbocycles. The normalized spacial score (nSPS) is 12.5. The molecule has 1 aromatic heterocycles. The van der Waals surface area contributed by atoms with E-state index in [4.69, 9.17) is 0 Å². The van der Waals surface area contributed by atoms with Gasteiger partial charge in [-0.3, -0.25) is 4.79 Å². The first-order valence-electron chi connectivity index (χ1n) is 3.87. The fourth-order valence-electron chi connectivity index (χ4n) is 0.940. The highest BCUT2D eigenvalue weighted by Crippen LogP contribution is 2.07. The minimum absolute atomic E-state index is 0.0769. The average Bonchev–Trinajstić information content (AvgIpc) is 2.55. The molecule has 72 valence electrons. The summed E-state index contributed by atoms with van der Waals surface area (Å²) in [5, 5.41) is 1.95. The Morgan fingerprint density at radius 3 is 3.00 bits per heavy atom. The number of nitrogens with zero attached hydrogens (tertiary/aromatic N) is 2. The average molecular weight is 263 g/mol. The second-order valence-corrected chi connectivity index (χ2v) is 4.88. The molecule has 0 saturated carbocycles. The van der Waals surface area contributed by atoms with Crippen molar-refractivity contribution >= 4 is 33.2 Å². The Labute approximate surface area is 89.9 Å². The van der Waals surface area contributed by atoms with Gasteiger partial charge in [-0.2, -0.15) is 0 Å². The van der Waals surface area contributed by atoms with Crippen LogP contribution < -0.4 is 0 Å². The highest BCUT2D eigenvalue weighted by molar-refractivity contribution is 9.10. The van der Waals surface area contributed by atoms with Crippen LogP contribution in [0.3, 0.4) is 0 Å². The predicted molar refractivity (Wildman–Crippen MR) is 57.0 cm³/mol. The van der Waals surface area contributed by atoms with Crippen LogP contribution in [0.4, 0.5) is 0 Å².